The second-order valence-electron chi connectivity index (χ2n) is 4.33. The van der Waals surface area contributed by atoms with Gasteiger partial charge in [-0.1, -0.05) is 12.1 Å². The number of ether oxygens (including phenoxy) is 1. The molecule has 1 rings (SSSR count). The van der Waals surface area contributed by atoms with E-state index >= 15 is 0 Å². The predicted molar refractivity (Wildman–Crippen MR) is 69.7 cm³/mol. The lowest BCUT2D eigenvalue weighted by molar-refractivity contribution is -0.143. The van der Waals surface area contributed by atoms with E-state index in [2.05, 4.69) is 0 Å². The number of amides is 1. The maximum atomic E-state index is 12.8. The molecule has 0 heterocycles. The van der Waals surface area contributed by atoms with Gasteiger partial charge in [-0.05, 0) is 19.1 Å². The van der Waals surface area contributed by atoms with Gasteiger partial charge < -0.3 is 9.64 Å². The number of hydrogen-bond donors (Lipinski definition) is 0. The quantitative estimate of drug-likeness (QED) is 0.786. The van der Waals surface area contributed by atoms with Crippen molar-refractivity contribution in [2.75, 3.05) is 20.2 Å². The van der Waals surface area contributed by atoms with E-state index in [1.165, 1.54) is 19.2 Å². The van der Waals surface area contributed by atoms with Crippen LogP contribution in [0, 0.1) is 0 Å². The van der Waals surface area contributed by atoms with Crippen LogP contribution in [0.5, 0.6) is 0 Å². The summed E-state index contributed by atoms with van der Waals surface area (Å²) < 4.78 is 43.2. The number of halogens is 3. The monoisotopic (exact) mass is 303 g/mol. The standard InChI is InChI=1S/C14H16F3NO3/c1-3-21-12(19)8-9-18(2)13(20)10-6-4-5-7-11(10)14(15,16)17/h4-7H,3,8-9H2,1-2H3. The highest BCUT2D eigenvalue weighted by Crippen LogP contribution is 2.32. The third-order valence-electron chi connectivity index (χ3n) is 2.77. The number of rotatable bonds is 5. The van der Waals surface area contributed by atoms with Gasteiger partial charge in [0.25, 0.3) is 5.91 Å². The molecule has 0 bridgehead atoms. The Bertz CT molecular complexity index is 514. The summed E-state index contributed by atoms with van der Waals surface area (Å²) in [7, 11) is 1.34. The molecule has 1 aromatic carbocycles. The summed E-state index contributed by atoms with van der Waals surface area (Å²) in [5.74, 6) is -1.28. The van der Waals surface area contributed by atoms with Crippen LogP contribution in [-0.4, -0.2) is 37.0 Å². The van der Waals surface area contributed by atoms with Crippen LogP contribution in [0.2, 0.25) is 0 Å². The van der Waals surface area contributed by atoms with Crippen LogP contribution in [0.4, 0.5) is 13.2 Å². The molecule has 116 valence electrons. The summed E-state index contributed by atoms with van der Waals surface area (Å²) in [6.45, 7) is 1.85. The first kappa shape index (κ1) is 17.0. The van der Waals surface area contributed by atoms with Crippen LogP contribution < -0.4 is 0 Å². The highest BCUT2D eigenvalue weighted by atomic mass is 19.4. The van der Waals surface area contributed by atoms with Gasteiger partial charge in [0.05, 0.1) is 24.2 Å². The SMILES string of the molecule is CCOC(=O)CCN(C)C(=O)c1ccccc1C(F)(F)F. The van der Waals surface area contributed by atoms with Crippen molar-refractivity contribution in [2.24, 2.45) is 0 Å². The summed E-state index contributed by atoms with van der Waals surface area (Å²) in [5, 5.41) is 0. The van der Waals surface area contributed by atoms with Gasteiger partial charge in [-0.15, -0.1) is 0 Å². The molecule has 7 heteroatoms. The van der Waals surface area contributed by atoms with Crippen LogP contribution in [0.1, 0.15) is 29.3 Å². The Kier molecular flexibility index (Phi) is 5.75. The van der Waals surface area contributed by atoms with Gasteiger partial charge in [-0.25, -0.2) is 0 Å². The molecule has 0 N–H and O–H groups in total. The van der Waals surface area contributed by atoms with Crippen molar-refractivity contribution >= 4 is 11.9 Å². The summed E-state index contributed by atoms with van der Waals surface area (Å²) in [5.41, 5.74) is -1.42. The van der Waals surface area contributed by atoms with Crippen molar-refractivity contribution in [3.05, 3.63) is 35.4 Å². The molecule has 4 nitrogen and oxygen atoms in total. The molecular formula is C14H16F3NO3. The minimum Gasteiger partial charge on any atom is -0.466 e. The van der Waals surface area contributed by atoms with Crippen LogP contribution >= 0.6 is 0 Å². The van der Waals surface area contributed by atoms with E-state index in [9.17, 15) is 22.8 Å². The molecule has 0 aliphatic heterocycles. The second kappa shape index (κ2) is 7.10. The molecule has 0 aliphatic rings. The molecule has 0 fully saturated rings. The number of nitrogens with zero attached hydrogens (tertiary/aromatic N) is 1. The number of carbonyl (C=O) groups excluding carboxylic acids is 2. The Labute approximate surface area is 120 Å². The lowest BCUT2D eigenvalue weighted by atomic mass is 10.1. The fourth-order valence-corrected chi connectivity index (χ4v) is 1.72. The van der Waals surface area contributed by atoms with Gasteiger partial charge in [0.15, 0.2) is 0 Å². The van der Waals surface area contributed by atoms with Crippen molar-refractivity contribution < 1.29 is 27.5 Å². The normalized spacial score (nSPS) is 11.1. The van der Waals surface area contributed by atoms with E-state index in [1.54, 1.807) is 6.92 Å². The molecule has 0 saturated carbocycles. The molecule has 0 saturated heterocycles. The minimum absolute atomic E-state index is 0.0101. The number of alkyl halides is 3. The second-order valence-corrected chi connectivity index (χ2v) is 4.33. The molecule has 1 amide bonds. The molecule has 0 spiro atoms. The van der Waals surface area contributed by atoms with Gasteiger partial charge in [0.1, 0.15) is 0 Å². The first-order valence-electron chi connectivity index (χ1n) is 6.34. The van der Waals surface area contributed by atoms with Crippen molar-refractivity contribution in [2.45, 2.75) is 19.5 Å². The molecule has 0 unspecified atom stereocenters. The average Bonchev–Trinajstić information content (AvgIpc) is 2.43. The van der Waals surface area contributed by atoms with E-state index in [0.717, 1.165) is 17.0 Å². The summed E-state index contributed by atoms with van der Waals surface area (Å²) in [4.78, 5) is 24.3. The first-order valence-corrected chi connectivity index (χ1v) is 6.34. The molecule has 0 aromatic heterocycles. The van der Waals surface area contributed by atoms with Gasteiger partial charge in [-0.2, -0.15) is 13.2 Å². The molecule has 0 aliphatic carbocycles. The maximum absolute atomic E-state index is 12.8. The number of hydrogen-bond acceptors (Lipinski definition) is 3. The zero-order valence-electron chi connectivity index (χ0n) is 11.7. The van der Waals surface area contributed by atoms with Crippen LogP contribution in [0.3, 0.4) is 0 Å². The van der Waals surface area contributed by atoms with Gasteiger partial charge in [0.2, 0.25) is 0 Å². The van der Waals surface area contributed by atoms with E-state index in [1.807, 2.05) is 0 Å². The largest absolute Gasteiger partial charge is 0.466 e. The van der Waals surface area contributed by atoms with E-state index in [0.29, 0.717) is 0 Å². The first-order chi connectivity index (χ1) is 9.77. The molecule has 1 aromatic rings. The molecule has 0 radical (unpaired) electrons. The minimum atomic E-state index is -4.60. The third-order valence-corrected chi connectivity index (χ3v) is 2.77. The molecule has 0 atom stereocenters. The molecule has 21 heavy (non-hydrogen) atoms. The predicted octanol–water partition coefficient (Wildman–Crippen LogP) is 2.73. The fraction of sp³-hybridized carbons (Fsp3) is 0.429. The van der Waals surface area contributed by atoms with Gasteiger partial charge in [-0.3, -0.25) is 9.59 Å². The fourth-order valence-electron chi connectivity index (χ4n) is 1.72. The Morgan fingerprint density at radius 2 is 1.86 bits per heavy atom. The zero-order valence-corrected chi connectivity index (χ0v) is 11.7. The highest BCUT2D eigenvalue weighted by Gasteiger charge is 2.35. The molecular weight excluding hydrogens is 287 g/mol. The van der Waals surface area contributed by atoms with Crippen LogP contribution in [-0.2, 0) is 15.7 Å². The number of esters is 1. The van der Waals surface area contributed by atoms with Crippen molar-refractivity contribution in [3.63, 3.8) is 0 Å². The lowest BCUT2D eigenvalue weighted by Gasteiger charge is -2.19. The average molecular weight is 303 g/mol. The van der Waals surface area contributed by atoms with Crippen molar-refractivity contribution in [3.8, 4) is 0 Å². The summed E-state index contributed by atoms with van der Waals surface area (Å²) >= 11 is 0. The Hall–Kier alpha value is -2.05. The summed E-state index contributed by atoms with van der Waals surface area (Å²) in [6, 6.07) is 4.55. The van der Waals surface area contributed by atoms with Gasteiger partial charge in [0, 0.05) is 13.6 Å². The van der Waals surface area contributed by atoms with Crippen LogP contribution in [0.25, 0.3) is 0 Å². The number of carbonyl (C=O) groups is 2. The maximum Gasteiger partial charge on any atom is 0.417 e. The van der Waals surface area contributed by atoms with Crippen molar-refractivity contribution in [1.82, 2.24) is 4.90 Å². The number of benzene rings is 1. The zero-order chi connectivity index (χ0) is 16.0. The topological polar surface area (TPSA) is 46.6 Å². The van der Waals surface area contributed by atoms with E-state index < -0.39 is 29.2 Å². The highest BCUT2D eigenvalue weighted by molar-refractivity contribution is 5.95. The van der Waals surface area contributed by atoms with E-state index in [4.69, 9.17) is 4.74 Å². The van der Waals surface area contributed by atoms with Crippen molar-refractivity contribution in [1.29, 1.82) is 0 Å². The Morgan fingerprint density at radius 1 is 1.24 bits per heavy atom. The van der Waals surface area contributed by atoms with Gasteiger partial charge >= 0.3 is 12.1 Å². The Balaban J connectivity index is 2.82. The lowest BCUT2D eigenvalue weighted by Crippen LogP contribution is -2.31. The third kappa shape index (κ3) is 4.77. The van der Waals surface area contributed by atoms with E-state index in [-0.39, 0.29) is 19.6 Å². The Morgan fingerprint density at radius 3 is 2.43 bits per heavy atom. The summed E-state index contributed by atoms with van der Waals surface area (Å²) in [6.07, 6.45) is -4.67. The smallest absolute Gasteiger partial charge is 0.417 e. The van der Waals surface area contributed by atoms with Crippen LogP contribution in [0.15, 0.2) is 24.3 Å².